The van der Waals surface area contributed by atoms with Crippen LogP contribution in [0.25, 0.3) is 22.3 Å². The van der Waals surface area contributed by atoms with Gasteiger partial charge in [-0.3, -0.25) is 0 Å². The highest BCUT2D eigenvalue weighted by atomic mass is 79.9. The Bertz CT molecular complexity index is 3350. The van der Waals surface area contributed by atoms with Crippen LogP contribution in [0.2, 0.25) is 0 Å². The lowest BCUT2D eigenvalue weighted by molar-refractivity contribution is 0.290. The molecular weight excluding hydrogens is 1130 g/mol. The molecule has 0 aliphatic carbocycles. The quantitative estimate of drug-likeness (QED) is 0.0358. The van der Waals surface area contributed by atoms with E-state index in [1.807, 2.05) is 36.4 Å². The van der Waals surface area contributed by atoms with Gasteiger partial charge in [-0.15, -0.1) is 0 Å². The van der Waals surface area contributed by atoms with Crippen LogP contribution in [-0.4, -0.2) is 41.6 Å². The van der Waals surface area contributed by atoms with E-state index in [9.17, 15) is 0 Å². The molecular formula is C64H69Br3N4O4. The molecule has 11 heteroatoms. The van der Waals surface area contributed by atoms with Gasteiger partial charge in [0.1, 0.15) is 23.0 Å². The maximum absolute atomic E-state index is 6.34. The third kappa shape index (κ3) is 13.6. The third-order valence-corrected chi connectivity index (χ3v) is 16.2. The van der Waals surface area contributed by atoms with Gasteiger partial charge in [-0.05, 0) is 193 Å². The maximum Gasteiger partial charge on any atom is 0.153 e. The lowest BCUT2D eigenvalue weighted by atomic mass is 10.0. The maximum atomic E-state index is 6.34. The molecule has 0 spiro atoms. The predicted molar refractivity (Wildman–Crippen MR) is 318 cm³/mol. The number of fused-ring (bicyclic) bond motifs is 8. The fourth-order valence-corrected chi connectivity index (χ4v) is 10.3. The summed E-state index contributed by atoms with van der Waals surface area (Å²) in [6.45, 7) is 9.28. The second kappa shape index (κ2) is 26.3. The summed E-state index contributed by atoms with van der Waals surface area (Å²) in [6, 6.07) is 51.2. The van der Waals surface area contributed by atoms with Crippen molar-refractivity contribution in [2.75, 3.05) is 6.61 Å². The number of ether oxygens (including phenoxy) is 4. The minimum absolute atomic E-state index is 0.0735. The number of alkyl halides is 3. The van der Waals surface area contributed by atoms with E-state index in [4.69, 9.17) is 18.9 Å². The Morgan fingerprint density at radius 1 is 0.320 bits per heavy atom. The van der Waals surface area contributed by atoms with Gasteiger partial charge in [-0.25, -0.2) is 0 Å². The van der Waals surface area contributed by atoms with Crippen LogP contribution in [0.15, 0.2) is 146 Å². The number of nitrogens with one attached hydrogen (secondary N) is 4. The molecule has 0 saturated heterocycles. The first-order valence-electron chi connectivity index (χ1n) is 26.9. The van der Waals surface area contributed by atoms with Crippen LogP contribution < -0.4 is 40.3 Å². The van der Waals surface area contributed by atoms with Crippen LogP contribution in [0, 0.1) is 0 Å². The summed E-state index contributed by atoms with van der Waals surface area (Å²) in [5.74, 6) is 3.28. The first-order chi connectivity index (χ1) is 36.7. The molecule has 0 amide bonds. The van der Waals surface area contributed by atoms with Gasteiger partial charge in [0.05, 0.1) is 6.61 Å². The fourth-order valence-electron chi connectivity index (χ4n) is 9.69. The minimum atomic E-state index is -0.0743. The number of halogens is 3. The number of H-pyrrole nitrogens is 4. The zero-order valence-corrected chi connectivity index (χ0v) is 48.3. The van der Waals surface area contributed by atoms with Gasteiger partial charge >= 0.3 is 0 Å². The lowest BCUT2D eigenvalue weighted by Crippen LogP contribution is -2.19. The molecule has 3 atom stereocenters. The van der Waals surface area contributed by atoms with Crippen molar-refractivity contribution in [2.45, 2.75) is 120 Å². The van der Waals surface area contributed by atoms with E-state index in [0.29, 0.717) is 6.61 Å². The summed E-state index contributed by atoms with van der Waals surface area (Å²) in [4.78, 5) is 15.7. The van der Waals surface area contributed by atoms with Gasteiger partial charge in [0, 0.05) is 66.5 Å². The summed E-state index contributed by atoms with van der Waals surface area (Å²) >= 11 is 11.0. The highest BCUT2D eigenvalue weighted by Gasteiger charge is 2.20. The van der Waals surface area contributed by atoms with Gasteiger partial charge in [0.2, 0.25) is 0 Å². The molecule has 4 aromatic carbocycles. The minimum Gasteiger partial charge on any atom is -0.494 e. The van der Waals surface area contributed by atoms with Crippen LogP contribution in [0.1, 0.15) is 150 Å². The number of hydrogen-bond donors (Lipinski definition) is 4. The van der Waals surface area contributed by atoms with Crippen molar-refractivity contribution in [1.29, 1.82) is 0 Å². The Balaban J connectivity index is 1.19. The van der Waals surface area contributed by atoms with Gasteiger partial charge in [0.15, 0.2) is 15.0 Å². The van der Waals surface area contributed by atoms with Crippen molar-refractivity contribution >= 4 is 70.1 Å². The van der Waals surface area contributed by atoms with Gasteiger partial charge in [-0.2, -0.15) is 0 Å². The first kappa shape index (κ1) is 53.9. The average Bonchev–Trinajstić information content (AvgIpc) is 4.30. The zero-order chi connectivity index (χ0) is 52.1. The molecule has 9 rings (SSSR count). The van der Waals surface area contributed by atoms with Gasteiger partial charge in [0.25, 0.3) is 0 Å². The lowest BCUT2D eigenvalue weighted by Gasteiger charge is -2.13. The summed E-state index contributed by atoms with van der Waals surface area (Å²) in [6.07, 6.45) is 14.1. The van der Waals surface area contributed by atoms with E-state index < -0.39 is 0 Å². The molecule has 8 nitrogen and oxygen atoms in total. The summed E-state index contributed by atoms with van der Waals surface area (Å²) in [5, 5.41) is 3.63. The molecule has 0 radical (unpaired) electrons. The highest BCUT2D eigenvalue weighted by molar-refractivity contribution is 9.09. The Hall–Kier alpha value is -5.88. The van der Waals surface area contributed by atoms with Crippen molar-refractivity contribution in [1.82, 2.24) is 19.9 Å². The number of hydrogen-bond acceptors (Lipinski definition) is 4. The zero-order valence-electron chi connectivity index (χ0n) is 43.5. The monoisotopic (exact) mass is 1190 g/mol. The molecule has 4 aromatic heterocycles. The third-order valence-electron chi connectivity index (χ3n) is 13.7. The smallest absolute Gasteiger partial charge is 0.153 e. The summed E-state index contributed by atoms with van der Waals surface area (Å²) in [7, 11) is 0. The molecule has 75 heavy (non-hydrogen) atoms. The van der Waals surface area contributed by atoms with Crippen LogP contribution in [0.4, 0.5) is 0 Å². The van der Waals surface area contributed by atoms with Crippen molar-refractivity contribution < 1.29 is 18.9 Å². The van der Waals surface area contributed by atoms with E-state index in [1.54, 1.807) is 0 Å². The molecule has 390 valence electrons. The molecule has 8 bridgehead atoms. The van der Waals surface area contributed by atoms with E-state index in [-0.39, 0.29) is 15.0 Å². The topological polar surface area (TPSA) is 100 Å². The first-order valence-corrected chi connectivity index (χ1v) is 29.7. The number of benzene rings is 4. The van der Waals surface area contributed by atoms with Crippen molar-refractivity contribution in [3.05, 3.63) is 212 Å². The number of aromatic amines is 4. The summed E-state index contributed by atoms with van der Waals surface area (Å²) < 4.78 is 24.9. The van der Waals surface area contributed by atoms with Gasteiger partial charge in [-0.1, -0.05) is 128 Å². The average molecular weight is 1200 g/mol. The Kier molecular flexibility index (Phi) is 18.9. The SMILES string of the molecule is CCCCCCCCCCCOc1ccc(C2=c3ccc([nH]3)=C(c3ccc(OC(Br)CC)cc3)c3ccc([nH]3)C(c3ccc(OC(Br)CC)cc3)=c3ccc([nH]3)=C(c3ccc(OC(Br)CC)cc3)c3ccc2[nH]3)cc1. The molecule has 1 aliphatic heterocycles. The van der Waals surface area contributed by atoms with E-state index in [0.717, 1.165) is 137 Å². The molecule has 0 fully saturated rings. The molecule has 0 saturated carbocycles. The Labute approximate surface area is 467 Å². The van der Waals surface area contributed by atoms with Crippen LogP contribution in [0.5, 0.6) is 23.0 Å². The van der Waals surface area contributed by atoms with E-state index >= 15 is 0 Å². The van der Waals surface area contributed by atoms with Crippen molar-refractivity contribution in [3.8, 4) is 23.0 Å². The molecule has 1 aliphatic rings. The second-order valence-corrected chi connectivity index (χ2v) is 22.3. The van der Waals surface area contributed by atoms with E-state index in [1.165, 1.54) is 51.4 Å². The Morgan fingerprint density at radius 3 is 0.893 bits per heavy atom. The molecule has 8 aromatic rings. The van der Waals surface area contributed by atoms with Crippen molar-refractivity contribution in [3.63, 3.8) is 0 Å². The normalized spacial score (nSPS) is 13.7. The van der Waals surface area contributed by atoms with Gasteiger partial charge < -0.3 is 38.9 Å². The molecule has 5 heterocycles. The highest BCUT2D eigenvalue weighted by Crippen LogP contribution is 2.31. The van der Waals surface area contributed by atoms with Crippen LogP contribution in [-0.2, 0) is 0 Å². The molecule has 3 unspecified atom stereocenters. The number of unbranched alkanes of at least 4 members (excludes halogenated alkanes) is 8. The summed E-state index contributed by atoms with van der Waals surface area (Å²) in [5.41, 5.74) is 12.1. The number of aromatic nitrogens is 4. The second-order valence-electron chi connectivity index (χ2n) is 19.2. The van der Waals surface area contributed by atoms with Crippen LogP contribution in [0.3, 0.4) is 0 Å². The van der Waals surface area contributed by atoms with E-state index in [2.05, 4.69) is 205 Å². The molecule has 4 N–H and O–H groups in total. The van der Waals surface area contributed by atoms with Crippen LogP contribution >= 0.6 is 47.8 Å². The standard InChI is InChI=1S/C64H69Br3N4O4/c1-5-9-10-11-12-13-14-15-16-41-72-46-25-17-42(18-26-46)61-50-33-35-52(68-50)62(43-19-27-47(28-20-43)73-58(65)6-2)54-37-39-56(70-54)64(45-23-31-49(32-24-45)75-60(67)8-4)57-40-38-55(71-57)63(53-36-34-51(61)69-53)44-21-29-48(30-22-44)74-59(66)7-3/h17-40,58-60,68-71H,5-16,41H2,1-4H3. The largest absolute Gasteiger partial charge is 0.494 e. The Morgan fingerprint density at radius 2 is 0.600 bits per heavy atom. The van der Waals surface area contributed by atoms with Crippen molar-refractivity contribution in [2.24, 2.45) is 0 Å². The number of rotatable bonds is 24. The predicted octanol–water partition coefficient (Wildman–Crippen LogP) is 14.7. The fraction of sp³-hybridized carbons (Fsp3) is 0.312.